The Morgan fingerprint density at radius 2 is 1.68 bits per heavy atom. The van der Waals surface area contributed by atoms with Gasteiger partial charge in [0.25, 0.3) is 0 Å². The minimum atomic E-state index is 0.739. The Labute approximate surface area is 116 Å². The van der Waals surface area contributed by atoms with E-state index in [1.807, 2.05) is 0 Å². The second kappa shape index (κ2) is 5.61. The molecular weight excluding hydrogens is 234 g/mol. The third-order valence-electron chi connectivity index (χ3n) is 4.81. The van der Waals surface area contributed by atoms with Gasteiger partial charge in [0.2, 0.25) is 0 Å². The molecule has 2 bridgehead atoms. The number of likely N-dealkylation sites (tertiary alicyclic amines) is 2. The summed E-state index contributed by atoms with van der Waals surface area (Å²) >= 11 is 0. The van der Waals surface area contributed by atoms with Gasteiger partial charge in [0.1, 0.15) is 0 Å². The van der Waals surface area contributed by atoms with E-state index < -0.39 is 0 Å². The maximum absolute atomic E-state index is 6.00. The highest BCUT2D eigenvalue weighted by Gasteiger charge is 2.40. The van der Waals surface area contributed by atoms with Crippen molar-refractivity contribution in [2.24, 2.45) is 23.5 Å². The molecule has 2 aliphatic rings. The zero-order valence-electron chi connectivity index (χ0n) is 11.8. The van der Waals surface area contributed by atoms with Crippen LogP contribution in [0, 0.1) is 17.8 Å². The Hall–Kier alpha value is -0.900. The molecule has 0 saturated carbocycles. The maximum Gasteiger partial charge on any atom is 0.0233 e. The quantitative estimate of drug-likeness (QED) is 0.887. The molecule has 2 N–H and O–H groups in total. The van der Waals surface area contributed by atoms with Crippen molar-refractivity contribution >= 4 is 0 Å². The smallest absolute Gasteiger partial charge is 0.0233 e. The molecule has 2 saturated heterocycles. The van der Waals surface area contributed by atoms with Gasteiger partial charge in [-0.1, -0.05) is 30.3 Å². The van der Waals surface area contributed by atoms with E-state index in [4.69, 9.17) is 5.73 Å². The van der Waals surface area contributed by atoms with Gasteiger partial charge in [-0.05, 0) is 36.9 Å². The minimum absolute atomic E-state index is 0.739. The molecule has 0 aromatic heterocycles. The molecule has 2 aliphatic heterocycles. The van der Waals surface area contributed by atoms with E-state index >= 15 is 0 Å². The first-order chi connectivity index (χ1) is 9.26. The van der Waals surface area contributed by atoms with Gasteiger partial charge in [0.05, 0.1) is 0 Å². The fourth-order valence-electron chi connectivity index (χ4n) is 4.01. The van der Waals surface area contributed by atoms with Crippen LogP contribution in [0.3, 0.4) is 0 Å². The topological polar surface area (TPSA) is 32.5 Å². The normalized spacial score (nSPS) is 32.4. The van der Waals surface area contributed by atoms with Crippen molar-refractivity contribution < 1.29 is 0 Å². The van der Waals surface area contributed by atoms with Crippen molar-refractivity contribution in [2.75, 3.05) is 39.8 Å². The van der Waals surface area contributed by atoms with E-state index in [1.54, 1.807) is 0 Å². The average molecular weight is 259 g/mol. The number of hydrogen-bond donors (Lipinski definition) is 1. The van der Waals surface area contributed by atoms with Gasteiger partial charge in [-0.3, -0.25) is 4.90 Å². The molecule has 0 amide bonds. The SMILES string of the molecule is CN1CC2CN(Cc3ccccc3)CC(C1)C2CN. The van der Waals surface area contributed by atoms with Crippen LogP contribution < -0.4 is 5.73 Å². The summed E-state index contributed by atoms with van der Waals surface area (Å²) in [6.07, 6.45) is 0. The molecule has 1 aromatic rings. The van der Waals surface area contributed by atoms with Gasteiger partial charge in [0.15, 0.2) is 0 Å². The molecule has 3 heteroatoms. The molecule has 19 heavy (non-hydrogen) atoms. The Balaban J connectivity index is 1.68. The number of fused-ring (bicyclic) bond motifs is 2. The molecule has 2 atom stereocenters. The van der Waals surface area contributed by atoms with Gasteiger partial charge in [-0.2, -0.15) is 0 Å². The zero-order valence-corrected chi connectivity index (χ0v) is 11.8. The number of nitrogens with zero attached hydrogens (tertiary/aromatic N) is 2. The molecule has 3 nitrogen and oxygen atoms in total. The summed E-state index contributed by atoms with van der Waals surface area (Å²) in [4.78, 5) is 5.12. The fourth-order valence-corrected chi connectivity index (χ4v) is 4.01. The molecule has 0 aliphatic carbocycles. The van der Waals surface area contributed by atoms with E-state index in [2.05, 4.69) is 47.2 Å². The van der Waals surface area contributed by atoms with Crippen molar-refractivity contribution in [3.05, 3.63) is 35.9 Å². The van der Waals surface area contributed by atoms with Crippen LogP contribution in [-0.4, -0.2) is 49.6 Å². The Morgan fingerprint density at radius 1 is 1.05 bits per heavy atom. The minimum Gasteiger partial charge on any atom is -0.330 e. The molecule has 104 valence electrons. The van der Waals surface area contributed by atoms with Crippen molar-refractivity contribution in [3.63, 3.8) is 0 Å². The van der Waals surface area contributed by atoms with Crippen LogP contribution >= 0.6 is 0 Å². The van der Waals surface area contributed by atoms with Crippen LogP contribution in [0.25, 0.3) is 0 Å². The van der Waals surface area contributed by atoms with Crippen LogP contribution in [0.5, 0.6) is 0 Å². The monoisotopic (exact) mass is 259 g/mol. The lowest BCUT2D eigenvalue weighted by atomic mass is 9.74. The summed E-state index contributed by atoms with van der Waals surface area (Å²) < 4.78 is 0. The first-order valence-electron chi connectivity index (χ1n) is 7.41. The number of benzene rings is 1. The van der Waals surface area contributed by atoms with Gasteiger partial charge < -0.3 is 10.6 Å². The highest BCUT2D eigenvalue weighted by atomic mass is 15.2. The fraction of sp³-hybridized carbons (Fsp3) is 0.625. The van der Waals surface area contributed by atoms with Gasteiger partial charge in [-0.25, -0.2) is 0 Å². The number of hydrogen-bond acceptors (Lipinski definition) is 3. The van der Waals surface area contributed by atoms with E-state index in [0.29, 0.717) is 0 Å². The summed E-state index contributed by atoms with van der Waals surface area (Å²) in [5.74, 6) is 2.25. The van der Waals surface area contributed by atoms with Crippen LogP contribution in [0.2, 0.25) is 0 Å². The zero-order chi connectivity index (χ0) is 13.2. The lowest BCUT2D eigenvalue weighted by Gasteiger charge is -2.50. The summed E-state index contributed by atoms with van der Waals surface area (Å²) in [5, 5.41) is 0. The van der Waals surface area contributed by atoms with Gasteiger partial charge >= 0.3 is 0 Å². The molecule has 2 fully saturated rings. The molecule has 3 rings (SSSR count). The predicted octanol–water partition coefficient (Wildman–Crippen LogP) is 1.25. The van der Waals surface area contributed by atoms with E-state index in [-0.39, 0.29) is 0 Å². The lowest BCUT2D eigenvalue weighted by Crippen LogP contribution is -2.58. The predicted molar refractivity (Wildman–Crippen MR) is 78.7 cm³/mol. The van der Waals surface area contributed by atoms with Crippen LogP contribution in [0.1, 0.15) is 5.56 Å². The summed E-state index contributed by atoms with van der Waals surface area (Å²) in [5.41, 5.74) is 7.43. The van der Waals surface area contributed by atoms with E-state index in [0.717, 1.165) is 30.8 Å². The summed E-state index contributed by atoms with van der Waals surface area (Å²) in [7, 11) is 2.25. The van der Waals surface area contributed by atoms with E-state index in [1.165, 1.54) is 31.7 Å². The molecular formula is C16H25N3. The highest BCUT2D eigenvalue weighted by molar-refractivity contribution is 5.14. The first-order valence-corrected chi connectivity index (χ1v) is 7.41. The summed E-state index contributed by atoms with van der Waals surface area (Å²) in [6, 6.07) is 10.8. The third kappa shape index (κ3) is 2.83. The second-order valence-corrected chi connectivity index (χ2v) is 6.32. The first kappa shape index (κ1) is 13.1. The van der Waals surface area contributed by atoms with E-state index in [9.17, 15) is 0 Å². The largest absolute Gasteiger partial charge is 0.330 e. The Morgan fingerprint density at radius 3 is 2.26 bits per heavy atom. The highest BCUT2D eigenvalue weighted by Crippen LogP contribution is 2.33. The number of piperidine rings is 2. The Bertz CT molecular complexity index is 390. The Kier molecular flexibility index (Phi) is 3.87. The number of nitrogens with two attached hydrogens (primary N) is 1. The molecule has 0 radical (unpaired) electrons. The maximum atomic E-state index is 6.00. The average Bonchev–Trinajstić information content (AvgIpc) is 2.38. The standard InChI is InChI=1S/C16H25N3/c1-18-9-14-11-19(8-13-5-3-2-4-6-13)12-15(10-18)16(14)7-17/h2-6,14-16H,7-12,17H2,1H3. The van der Waals surface area contributed by atoms with Crippen LogP contribution in [-0.2, 0) is 6.54 Å². The van der Waals surface area contributed by atoms with Crippen molar-refractivity contribution in [2.45, 2.75) is 6.54 Å². The second-order valence-electron chi connectivity index (χ2n) is 6.32. The molecule has 0 spiro atoms. The van der Waals surface area contributed by atoms with Crippen molar-refractivity contribution in [3.8, 4) is 0 Å². The summed E-state index contributed by atoms with van der Waals surface area (Å²) in [6.45, 7) is 6.79. The molecule has 2 heterocycles. The van der Waals surface area contributed by atoms with Gasteiger partial charge in [0, 0.05) is 32.7 Å². The van der Waals surface area contributed by atoms with Crippen molar-refractivity contribution in [1.82, 2.24) is 9.80 Å². The van der Waals surface area contributed by atoms with Gasteiger partial charge in [-0.15, -0.1) is 0 Å². The molecule has 2 unspecified atom stereocenters. The third-order valence-corrected chi connectivity index (χ3v) is 4.81. The molecule has 1 aromatic carbocycles. The number of rotatable bonds is 3. The van der Waals surface area contributed by atoms with Crippen LogP contribution in [0.15, 0.2) is 30.3 Å². The lowest BCUT2D eigenvalue weighted by molar-refractivity contribution is -0.0116. The van der Waals surface area contributed by atoms with Crippen molar-refractivity contribution in [1.29, 1.82) is 0 Å². The van der Waals surface area contributed by atoms with Crippen LogP contribution in [0.4, 0.5) is 0 Å².